The van der Waals surface area contributed by atoms with Crippen LogP contribution < -0.4 is 5.32 Å². The minimum atomic E-state index is 0.116. The highest BCUT2D eigenvalue weighted by Gasteiger charge is 2.35. The zero-order valence-corrected chi connectivity index (χ0v) is 11.0. The third-order valence-corrected chi connectivity index (χ3v) is 4.04. The van der Waals surface area contributed by atoms with Gasteiger partial charge in [0.15, 0.2) is 0 Å². The van der Waals surface area contributed by atoms with Crippen LogP contribution in [0.5, 0.6) is 0 Å². The summed E-state index contributed by atoms with van der Waals surface area (Å²) in [6.45, 7) is 11.2. The molecule has 94 valence electrons. The van der Waals surface area contributed by atoms with E-state index in [0.717, 1.165) is 26.2 Å². The lowest BCUT2D eigenvalue weighted by molar-refractivity contribution is -0.0273. The fourth-order valence-corrected chi connectivity index (χ4v) is 3.02. The summed E-state index contributed by atoms with van der Waals surface area (Å²) in [4.78, 5) is 2.63. The second kappa shape index (κ2) is 5.03. The molecule has 2 rings (SSSR count). The van der Waals surface area contributed by atoms with Crippen molar-refractivity contribution in [2.24, 2.45) is 0 Å². The van der Waals surface area contributed by atoms with Crippen molar-refractivity contribution in [2.75, 3.05) is 26.2 Å². The van der Waals surface area contributed by atoms with E-state index in [0.29, 0.717) is 12.1 Å². The van der Waals surface area contributed by atoms with Gasteiger partial charge in [-0.25, -0.2) is 0 Å². The van der Waals surface area contributed by atoms with Crippen molar-refractivity contribution in [3.05, 3.63) is 0 Å². The predicted molar refractivity (Wildman–Crippen MR) is 66.7 cm³/mol. The average Bonchev–Trinajstić information content (AvgIpc) is 2.65. The number of ether oxygens (including phenoxy) is 1. The van der Waals surface area contributed by atoms with E-state index in [9.17, 15) is 0 Å². The minimum Gasteiger partial charge on any atom is -0.374 e. The number of hydrogen-bond acceptors (Lipinski definition) is 3. The van der Waals surface area contributed by atoms with Crippen molar-refractivity contribution in [1.29, 1.82) is 0 Å². The quantitative estimate of drug-likeness (QED) is 0.791. The topological polar surface area (TPSA) is 24.5 Å². The van der Waals surface area contributed by atoms with Crippen LogP contribution in [0.3, 0.4) is 0 Å². The molecule has 2 fully saturated rings. The highest BCUT2D eigenvalue weighted by atomic mass is 16.5. The minimum absolute atomic E-state index is 0.116. The van der Waals surface area contributed by atoms with Crippen LogP contribution in [0.4, 0.5) is 0 Å². The lowest BCUT2D eigenvalue weighted by Gasteiger charge is -2.42. The Morgan fingerprint density at radius 1 is 1.50 bits per heavy atom. The van der Waals surface area contributed by atoms with Crippen LogP contribution in [0.25, 0.3) is 0 Å². The van der Waals surface area contributed by atoms with Gasteiger partial charge in [-0.3, -0.25) is 4.90 Å². The SMILES string of the molecule is CCC1CNC(C)CN1CC1(C)CCCO1. The van der Waals surface area contributed by atoms with Crippen LogP contribution in [0.15, 0.2) is 0 Å². The molecule has 0 aromatic rings. The standard InChI is InChI=1S/C13H26N2O/c1-4-12-8-14-11(2)9-15(12)10-13(3)6-5-7-16-13/h11-12,14H,4-10H2,1-3H3. The van der Waals surface area contributed by atoms with Crippen molar-refractivity contribution >= 4 is 0 Å². The Morgan fingerprint density at radius 3 is 2.94 bits per heavy atom. The third kappa shape index (κ3) is 2.76. The molecule has 3 unspecified atom stereocenters. The van der Waals surface area contributed by atoms with Gasteiger partial charge in [-0.15, -0.1) is 0 Å². The van der Waals surface area contributed by atoms with Crippen LogP contribution in [0.2, 0.25) is 0 Å². The van der Waals surface area contributed by atoms with Gasteiger partial charge in [-0.2, -0.15) is 0 Å². The van der Waals surface area contributed by atoms with Gasteiger partial charge in [0.1, 0.15) is 0 Å². The normalized spacial score (nSPS) is 41.4. The molecule has 3 heteroatoms. The van der Waals surface area contributed by atoms with Crippen molar-refractivity contribution in [3.8, 4) is 0 Å². The molecule has 0 spiro atoms. The van der Waals surface area contributed by atoms with E-state index in [1.54, 1.807) is 0 Å². The summed E-state index contributed by atoms with van der Waals surface area (Å²) in [5, 5.41) is 3.57. The average molecular weight is 226 g/mol. The number of nitrogens with one attached hydrogen (secondary N) is 1. The van der Waals surface area contributed by atoms with Crippen LogP contribution in [0.1, 0.15) is 40.0 Å². The molecule has 0 aliphatic carbocycles. The Kier molecular flexibility index (Phi) is 3.88. The molecule has 2 heterocycles. The second-order valence-electron chi connectivity index (χ2n) is 5.70. The van der Waals surface area contributed by atoms with Crippen molar-refractivity contribution < 1.29 is 4.74 Å². The molecule has 3 atom stereocenters. The lowest BCUT2D eigenvalue weighted by atomic mass is 9.99. The fourth-order valence-electron chi connectivity index (χ4n) is 3.02. The molecule has 2 aliphatic heterocycles. The summed E-state index contributed by atoms with van der Waals surface area (Å²) < 4.78 is 5.91. The molecular weight excluding hydrogens is 200 g/mol. The van der Waals surface area contributed by atoms with E-state index in [1.807, 2.05) is 0 Å². The maximum atomic E-state index is 5.91. The Balaban J connectivity index is 1.94. The van der Waals surface area contributed by atoms with Gasteiger partial charge in [0.25, 0.3) is 0 Å². The summed E-state index contributed by atoms with van der Waals surface area (Å²) in [5.41, 5.74) is 0.116. The number of hydrogen-bond donors (Lipinski definition) is 1. The molecule has 2 aliphatic rings. The van der Waals surface area contributed by atoms with Crippen molar-refractivity contribution in [1.82, 2.24) is 10.2 Å². The van der Waals surface area contributed by atoms with E-state index in [-0.39, 0.29) is 5.60 Å². The van der Waals surface area contributed by atoms with E-state index in [2.05, 4.69) is 31.0 Å². The van der Waals surface area contributed by atoms with Gasteiger partial charge in [-0.05, 0) is 33.1 Å². The molecule has 3 nitrogen and oxygen atoms in total. The first-order chi connectivity index (χ1) is 7.63. The molecule has 0 saturated carbocycles. The molecule has 16 heavy (non-hydrogen) atoms. The highest BCUT2D eigenvalue weighted by Crippen LogP contribution is 2.27. The van der Waals surface area contributed by atoms with E-state index >= 15 is 0 Å². The van der Waals surface area contributed by atoms with E-state index in [4.69, 9.17) is 4.74 Å². The molecule has 0 amide bonds. The summed E-state index contributed by atoms with van der Waals surface area (Å²) in [6, 6.07) is 1.31. The van der Waals surface area contributed by atoms with Gasteiger partial charge >= 0.3 is 0 Å². The van der Waals surface area contributed by atoms with Crippen molar-refractivity contribution in [3.63, 3.8) is 0 Å². The number of rotatable bonds is 3. The maximum absolute atomic E-state index is 5.91. The molecule has 0 aromatic carbocycles. The van der Waals surface area contributed by atoms with Gasteiger partial charge in [0.05, 0.1) is 5.60 Å². The van der Waals surface area contributed by atoms with Gasteiger partial charge in [0.2, 0.25) is 0 Å². The smallest absolute Gasteiger partial charge is 0.0781 e. The highest BCUT2D eigenvalue weighted by molar-refractivity contribution is 4.90. The third-order valence-electron chi connectivity index (χ3n) is 4.04. The van der Waals surface area contributed by atoms with Crippen LogP contribution in [0, 0.1) is 0 Å². The zero-order valence-electron chi connectivity index (χ0n) is 11.0. The van der Waals surface area contributed by atoms with Crippen LogP contribution in [-0.4, -0.2) is 48.8 Å². The molecule has 0 radical (unpaired) electrons. The first-order valence-corrected chi connectivity index (χ1v) is 6.74. The Bertz CT molecular complexity index is 226. The van der Waals surface area contributed by atoms with Crippen molar-refractivity contribution in [2.45, 2.75) is 57.7 Å². The van der Waals surface area contributed by atoms with E-state index in [1.165, 1.54) is 19.3 Å². The molecule has 0 aromatic heterocycles. The Labute approximate surface area is 99.5 Å². The first-order valence-electron chi connectivity index (χ1n) is 6.74. The number of piperazine rings is 1. The monoisotopic (exact) mass is 226 g/mol. The summed E-state index contributed by atoms with van der Waals surface area (Å²) >= 11 is 0. The molecule has 0 bridgehead atoms. The van der Waals surface area contributed by atoms with Gasteiger partial charge in [0, 0.05) is 38.3 Å². The van der Waals surface area contributed by atoms with Gasteiger partial charge in [-0.1, -0.05) is 6.92 Å². The summed E-state index contributed by atoms with van der Waals surface area (Å²) in [5.74, 6) is 0. The first kappa shape index (κ1) is 12.3. The summed E-state index contributed by atoms with van der Waals surface area (Å²) in [7, 11) is 0. The zero-order chi connectivity index (χ0) is 11.6. The lowest BCUT2D eigenvalue weighted by Crippen LogP contribution is -2.58. The Morgan fingerprint density at radius 2 is 2.31 bits per heavy atom. The van der Waals surface area contributed by atoms with Crippen LogP contribution >= 0.6 is 0 Å². The fraction of sp³-hybridized carbons (Fsp3) is 1.00. The molecule has 1 N–H and O–H groups in total. The summed E-state index contributed by atoms with van der Waals surface area (Å²) in [6.07, 6.45) is 3.69. The predicted octanol–water partition coefficient (Wildman–Crippen LogP) is 1.63. The molecular formula is C13H26N2O. The number of nitrogens with zero attached hydrogens (tertiary/aromatic N) is 1. The largest absolute Gasteiger partial charge is 0.374 e. The van der Waals surface area contributed by atoms with Crippen LogP contribution in [-0.2, 0) is 4.74 Å². The second-order valence-corrected chi connectivity index (χ2v) is 5.70. The maximum Gasteiger partial charge on any atom is 0.0781 e. The Hall–Kier alpha value is -0.120. The molecule has 2 saturated heterocycles. The van der Waals surface area contributed by atoms with Gasteiger partial charge < -0.3 is 10.1 Å². The van der Waals surface area contributed by atoms with E-state index < -0.39 is 0 Å².